The Bertz CT molecular complexity index is 1500. The molecule has 1 aromatic heterocycles. The summed E-state index contributed by atoms with van der Waals surface area (Å²) in [6.45, 7) is 7.34. The lowest BCUT2D eigenvalue weighted by Gasteiger charge is -2.19. The lowest BCUT2D eigenvalue weighted by atomic mass is 9.87. The first-order valence-electron chi connectivity index (χ1n) is 11.8. The van der Waals surface area contributed by atoms with Crippen molar-refractivity contribution in [3.63, 3.8) is 0 Å². The fourth-order valence-corrected chi connectivity index (χ4v) is 4.92. The number of benzene rings is 2. The first-order valence-corrected chi connectivity index (χ1v) is 11.8. The van der Waals surface area contributed by atoms with E-state index in [1.807, 2.05) is 19.2 Å². The van der Waals surface area contributed by atoms with E-state index in [-0.39, 0.29) is 28.7 Å². The van der Waals surface area contributed by atoms with Crippen LogP contribution in [-0.2, 0) is 22.9 Å². The highest BCUT2D eigenvalue weighted by Crippen LogP contribution is 2.40. The van der Waals surface area contributed by atoms with Gasteiger partial charge in [0.2, 0.25) is 0 Å². The molecule has 10 heteroatoms. The minimum atomic E-state index is -4.59. The number of carbonyl (C=O) groups is 1. The maximum Gasteiger partial charge on any atom is 0.416 e. The second-order valence-electron chi connectivity index (χ2n) is 9.84. The van der Waals surface area contributed by atoms with Crippen molar-refractivity contribution in [2.75, 3.05) is 25.1 Å². The summed E-state index contributed by atoms with van der Waals surface area (Å²) < 4.78 is 47.4. The first kappa shape index (κ1) is 26.2. The Morgan fingerprint density at radius 2 is 1.84 bits per heavy atom. The Morgan fingerprint density at radius 1 is 1.14 bits per heavy atom. The van der Waals surface area contributed by atoms with Crippen LogP contribution in [0.25, 0.3) is 5.69 Å². The molecule has 0 saturated heterocycles. The molecule has 2 aromatic carbocycles. The zero-order valence-electron chi connectivity index (χ0n) is 21.3. The van der Waals surface area contributed by atoms with Gasteiger partial charge < -0.3 is 9.64 Å². The van der Waals surface area contributed by atoms with E-state index < -0.39 is 35.5 Å². The van der Waals surface area contributed by atoms with Gasteiger partial charge in [-0.3, -0.25) is 13.9 Å². The molecule has 0 fully saturated rings. The molecule has 0 amide bonds. The van der Waals surface area contributed by atoms with Crippen LogP contribution >= 0.6 is 0 Å². The van der Waals surface area contributed by atoms with Crippen LogP contribution in [0.5, 0.6) is 0 Å². The SMILES string of the molecule is CCOC(=O)c1cn(-c2ccc3c(c2)C(C)(C)CN3C)c(=O)n(Cc2cccc(C(F)(F)F)c2C)c1=O. The van der Waals surface area contributed by atoms with Crippen molar-refractivity contribution < 1.29 is 22.7 Å². The van der Waals surface area contributed by atoms with Gasteiger partial charge in [-0.2, -0.15) is 13.2 Å². The second kappa shape index (κ2) is 9.24. The van der Waals surface area contributed by atoms with Crippen LogP contribution in [0.1, 0.15) is 53.4 Å². The minimum absolute atomic E-state index is 0.00348. The van der Waals surface area contributed by atoms with E-state index in [2.05, 4.69) is 18.7 Å². The van der Waals surface area contributed by atoms with E-state index in [1.165, 1.54) is 23.6 Å². The Kier molecular flexibility index (Phi) is 6.56. The molecule has 0 unspecified atom stereocenters. The van der Waals surface area contributed by atoms with E-state index in [4.69, 9.17) is 4.74 Å². The summed E-state index contributed by atoms with van der Waals surface area (Å²) in [6.07, 6.45) is -3.45. The largest absolute Gasteiger partial charge is 0.462 e. The van der Waals surface area contributed by atoms with Crippen molar-refractivity contribution in [3.8, 4) is 5.69 Å². The lowest BCUT2D eigenvalue weighted by molar-refractivity contribution is -0.138. The van der Waals surface area contributed by atoms with E-state index in [0.717, 1.165) is 34.6 Å². The van der Waals surface area contributed by atoms with Crippen molar-refractivity contribution in [2.24, 2.45) is 0 Å². The molecule has 0 N–H and O–H groups in total. The van der Waals surface area contributed by atoms with Crippen LogP contribution in [0, 0.1) is 6.92 Å². The number of rotatable bonds is 5. The molecule has 1 aliphatic rings. The summed E-state index contributed by atoms with van der Waals surface area (Å²) in [7, 11) is 1.97. The molecule has 7 nitrogen and oxygen atoms in total. The van der Waals surface area contributed by atoms with Crippen molar-refractivity contribution in [1.82, 2.24) is 9.13 Å². The van der Waals surface area contributed by atoms with E-state index in [1.54, 1.807) is 13.0 Å². The van der Waals surface area contributed by atoms with Crippen LogP contribution in [0.2, 0.25) is 0 Å². The standard InChI is InChI=1S/C27H28F3N3O4/c1-6-37-24(35)19-14-32(18-10-11-22-21(12-18)26(3,4)15-31(22)5)25(36)33(23(19)34)13-17-8-7-9-20(16(17)2)27(28,29)30/h7-12,14H,6,13,15H2,1-5H3. The predicted molar refractivity (Wildman–Crippen MR) is 134 cm³/mol. The summed E-state index contributed by atoms with van der Waals surface area (Å²) in [5.74, 6) is -0.919. The maximum absolute atomic E-state index is 13.6. The summed E-state index contributed by atoms with van der Waals surface area (Å²) in [6, 6.07) is 8.99. The number of aromatic nitrogens is 2. The number of ether oxygens (including phenoxy) is 1. The molecule has 37 heavy (non-hydrogen) atoms. The van der Waals surface area contributed by atoms with Crippen molar-refractivity contribution in [1.29, 1.82) is 0 Å². The lowest BCUT2D eigenvalue weighted by Crippen LogP contribution is -2.42. The number of esters is 1. The highest BCUT2D eigenvalue weighted by molar-refractivity contribution is 5.88. The van der Waals surface area contributed by atoms with Crippen molar-refractivity contribution in [3.05, 3.63) is 91.3 Å². The van der Waals surface area contributed by atoms with Crippen LogP contribution in [0.4, 0.5) is 18.9 Å². The number of anilines is 1. The fourth-order valence-electron chi connectivity index (χ4n) is 4.92. The van der Waals surface area contributed by atoms with E-state index >= 15 is 0 Å². The van der Waals surface area contributed by atoms with E-state index in [0.29, 0.717) is 5.69 Å². The average Bonchev–Trinajstić information content (AvgIpc) is 3.04. The highest BCUT2D eigenvalue weighted by Gasteiger charge is 2.34. The molecule has 0 radical (unpaired) electrons. The molecule has 0 bridgehead atoms. The Balaban J connectivity index is 1.93. The highest BCUT2D eigenvalue weighted by atomic mass is 19.4. The number of fused-ring (bicyclic) bond motifs is 1. The molecule has 0 atom stereocenters. The zero-order valence-corrected chi connectivity index (χ0v) is 21.3. The number of hydrogen-bond acceptors (Lipinski definition) is 5. The van der Waals surface area contributed by atoms with E-state index in [9.17, 15) is 27.6 Å². The third kappa shape index (κ3) is 4.68. The van der Waals surface area contributed by atoms with Crippen molar-refractivity contribution >= 4 is 11.7 Å². The van der Waals surface area contributed by atoms with Crippen molar-refractivity contribution in [2.45, 2.75) is 45.8 Å². The quantitative estimate of drug-likeness (QED) is 0.475. The maximum atomic E-state index is 13.6. The molecular weight excluding hydrogens is 487 g/mol. The van der Waals surface area contributed by atoms with Gasteiger partial charge in [0.15, 0.2) is 0 Å². The van der Waals surface area contributed by atoms with Gasteiger partial charge in [-0.15, -0.1) is 0 Å². The first-order chi connectivity index (χ1) is 17.3. The van der Waals surface area contributed by atoms with Crippen LogP contribution in [0.15, 0.2) is 52.2 Å². The van der Waals surface area contributed by atoms with Crippen LogP contribution in [-0.4, -0.2) is 35.3 Å². The number of alkyl halides is 3. The van der Waals surface area contributed by atoms with Gasteiger partial charge in [-0.05, 0) is 54.8 Å². The molecular formula is C27H28F3N3O4. The second-order valence-corrected chi connectivity index (χ2v) is 9.84. The summed E-state index contributed by atoms with van der Waals surface area (Å²) in [5.41, 5.74) is -0.715. The predicted octanol–water partition coefficient (Wildman–Crippen LogP) is 4.28. The average molecular weight is 516 g/mol. The zero-order chi connectivity index (χ0) is 27.3. The topological polar surface area (TPSA) is 73.5 Å². The number of hydrogen-bond donors (Lipinski definition) is 0. The van der Waals surface area contributed by atoms with Crippen LogP contribution in [0.3, 0.4) is 0 Å². The van der Waals surface area contributed by atoms with Gasteiger partial charge in [0.25, 0.3) is 5.56 Å². The number of halogens is 3. The third-order valence-electron chi connectivity index (χ3n) is 6.78. The molecule has 0 spiro atoms. The smallest absolute Gasteiger partial charge is 0.416 e. The summed E-state index contributed by atoms with van der Waals surface area (Å²) in [5, 5.41) is 0. The van der Waals surface area contributed by atoms with Gasteiger partial charge >= 0.3 is 17.8 Å². The van der Waals surface area contributed by atoms with Crippen LogP contribution < -0.4 is 16.1 Å². The molecule has 0 aliphatic carbocycles. The number of carbonyl (C=O) groups excluding carboxylic acids is 1. The Morgan fingerprint density at radius 3 is 2.49 bits per heavy atom. The monoisotopic (exact) mass is 515 g/mol. The molecule has 0 saturated carbocycles. The molecule has 4 rings (SSSR count). The molecule has 2 heterocycles. The fraction of sp³-hybridized carbons (Fsp3) is 0.370. The molecule has 1 aliphatic heterocycles. The van der Waals surface area contributed by atoms with Gasteiger partial charge in [0, 0.05) is 30.9 Å². The Labute approximate surface area is 211 Å². The summed E-state index contributed by atoms with van der Waals surface area (Å²) in [4.78, 5) is 41.6. The minimum Gasteiger partial charge on any atom is -0.462 e. The van der Waals surface area contributed by atoms with Gasteiger partial charge in [-0.1, -0.05) is 26.0 Å². The molecule has 196 valence electrons. The Hall–Kier alpha value is -3.82. The summed E-state index contributed by atoms with van der Waals surface area (Å²) >= 11 is 0. The van der Waals surface area contributed by atoms with Gasteiger partial charge in [0.1, 0.15) is 5.56 Å². The normalized spacial score (nSPS) is 14.5. The third-order valence-corrected chi connectivity index (χ3v) is 6.78. The number of nitrogens with zero attached hydrogens (tertiary/aromatic N) is 3. The number of likely N-dealkylation sites (N-methyl/N-ethyl adjacent to an activating group) is 1. The van der Waals surface area contributed by atoms with Gasteiger partial charge in [0.05, 0.1) is 24.4 Å². The van der Waals surface area contributed by atoms with Gasteiger partial charge in [-0.25, -0.2) is 9.59 Å². The molecule has 3 aromatic rings.